The van der Waals surface area contributed by atoms with Crippen LogP contribution in [-0.4, -0.2) is 56.0 Å². The number of methoxy groups -OCH3 is 1. The van der Waals surface area contributed by atoms with Crippen LogP contribution < -0.4 is 0 Å². The number of halogens is 1. The van der Waals surface area contributed by atoms with Crippen LogP contribution in [0.4, 0.5) is 4.39 Å². The Labute approximate surface area is 203 Å². The number of ether oxygens (including phenoxy) is 3. The molecule has 34 heavy (non-hydrogen) atoms. The normalized spacial score (nSPS) is 23.5. The van der Waals surface area contributed by atoms with Gasteiger partial charge in [-0.1, -0.05) is 36.4 Å². The number of rotatable bonds is 12. The van der Waals surface area contributed by atoms with Gasteiger partial charge in [-0.2, -0.15) is 0 Å². The van der Waals surface area contributed by atoms with Crippen molar-refractivity contribution in [3.63, 3.8) is 0 Å². The molecule has 1 fully saturated rings. The Kier molecular flexibility index (Phi) is 10.1. The number of alkyl halides is 1. The van der Waals surface area contributed by atoms with Crippen LogP contribution in [0.5, 0.6) is 0 Å². The van der Waals surface area contributed by atoms with Crippen molar-refractivity contribution < 1.29 is 37.0 Å². The minimum absolute atomic E-state index is 0.00273. The summed E-state index contributed by atoms with van der Waals surface area (Å²) < 4.78 is 56.8. The Balaban J connectivity index is 1.80. The average molecular weight is 513 g/mol. The van der Waals surface area contributed by atoms with Crippen molar-refractivity contribution in [2.75, 3.05) is 20.3 Å². The molecule has 0 amide bonds. The molecular weight excluding hydrogens is 482 g/mol. The smallest absolute Gasteiger partial charge is 0.343 e. The molecule has 7 nitrogen and oxygen atoms in total. The fourth-order valence-corrected chi connectivity index (χ4v) is 7.36. The van der Waals surface area contributed by atoms with E-state index in [0.717, 1.165) is 4.90 Å². The minimum Gasteiger partial charge on any atom is -0.450 e. The SMILES string of the molecule is CCOP(=O)(OCC)C(CC1OC(OC)C(OC(=O)c2ccccc2)C1F)Sc1ccccc1. The van der Waals surface area contributed by atoms with E-state index < -0.39 is 43.2 Å². The lowest BCUT2D eigenvalue weighted by molar-refractivity contribution is -0.150. The lowest BCUT2D eigenvalue weighted by Crippen LogP contribution is -2.35. The monoisotopic (exact) mass is 512 g/mol. The third kappa shape index (κ3) is 6.68. The summed E-state index contributed by atoms with van der Waals surface area (Å²) in [6.07, 6.45) is -5.13. The van der Waals surface area contributed by atoms with Gasteiger partial charge in [0, 0.05) is 18.4 Å². The van der Waals surface area contributed by atoms with E-state index in [1.165, 1.54) is 18.9 Å². The zero-order chi connectivity index (χ0) is 24.6. The Morgan fingerprint density at radius 3 is 2.21 bits per heavy atom. The van der Waals surface area contributed by atoms with Crippen molar-refractivity contribution in [2.24, 2.45) is 0 Å². The molecule has 5 unspecified atom stereocenters. The van der Waals surface area contributed by atoms with Crippen LogP contribution >= 0.6 is 19.4 Å². The van der Waals surface area contributed by atoms with Crippen LogP contribution in [0, 0.1) is 0 Å². The predicted octanol–water partition coefficient (Wildman–Crippen LogP) is 5.70. The van der Waals surface area contributed by atoms with E-state index in [9.17, 15) is 9.36 Å². The van der Waals surface area contributed by atoms with E-state index in [2.05, 4.69) is 0 Å². The van der Waals surface area contributed by atoms with E-state index in [4.69, 9.17) is 23.3 Å². The van der Waals surface area contributed by atoms with E-state index in [1.807, 2.05) is 30.3 Å². The highest BCUT2D eigenvalue weighted by Gasteiger charge is 2.51. The van der Waals surface area contributed by atoms with E-state index in [0.29, 0.717) is 5.56 Å². The number of esters is 1. The van der Waals surface area contributed by atoms with Gasteiger partial charge in [-0.25, -0.2) is 9.18 Å². The molecule has 186 valence electrons. The van der Waals surface area contributed by atoms with Gasteiger partial charge in [0.25, 0.3) is 0 Å². The van der Waals surface area contributed by atoms with Crippen LogP contribution in [0.3, 0.4) is 0 Å². The van der Waals surface area contributed by atoms with Crippen LogP contribution in [0.25, 0.3) is 0 Å². The summed E-state index contributed by atoms with van der Waals surface area (Å²) in [4.78, 5) is 12.6. The average Bonchev–Trinajstić information content (AvgIpc) is 3.14. The zero-order valence-electron chi connectivity index (χ0n) is 19.4. The van der Waals surface area contributed by atoms with Gasteiger partial charge in [-0.3, -0.25) is 4.57 Å². The number of thioether (sulfide) groups is 1. The number of hydrogen-bond donors (Lipinski definition) is 0. The number of carbonyl (C=O) groups excluding carboxylic acids is 1. The van der Waals surface area contributed by atoms with Gasteiger partial charge in [0.2, 0.25) is 0 Å². The second-order valence-electron chi connectivity index (χ2n) is 7.46. The summed E-state index contributed by atoms with van der Waals surface area (Å²) in [6.45, 7) is 3.79. The Morgan fingerprint density at radius 2 is 1.65 bits per heavy atom. The lowest BCUT2D eigenvalue weighted by Gasteiger charge is -2.28. The molecule has 1 heterocycles. The van der Waals surface area contributed by atoms with Gasteiger partial charge in [-0.15, -0.1) is 11.8 Å². The maximum atomic E-state index is 15.6. The highest BCUT2D eigenvalue weighted by molar-refractivity contribution is 8.05. The van der Waals surface area contributed by atoms with Gasteiger partial charge in [-0.05, 0) is 38.1 Å². The second kappa shape index (κ2) is 12.8. The lowest BCUT2D eigenvalue weighted by atomic mass is 10.1. The zero-order valence-corrected chi connectivity index (χ0v) is 21.1. The molecule has 0 N–H and O–H groups in total. The van der Waals surface area contributed by atoms with Crippen LogP contribution in [0.15, 0.2) is 65.6 Å². The quantitative estimate of drug-likeness (QED) is 0.204. The second-order valence-corrected chi connectivity index (χ2v) is 11.3. The fraction of sp³-hybridized carbons (Fsp3) is 0.458. The molecule has 0 aromatic heterocycles. The number of carbonyl (C=O) groups is 1. The highest BCUT2D eigenvalue weighted by Crippen LogP contribution is 2.60. The molecule has 2 aromatic rings. The van der Waals surface area contributed by atoms with Crippen molar-refractivity contribution in [1.82, 2.24) is 0 Å². The van der Waals surface area contributed by atoms with Crippen LogP contribution in [0.2, 0.25) is 0 Å². The van der Waals surface area contributed by atoms with Crippen LogP contribution in [0.1, 0.15) is 30.6 Å². The van der Waals surface area contributed by atoms with Crippen molar-refractivity contribution >= 4 is 25.3 Å². The molecule has 0 saturated carbocycles. The topological polar surface area (TPSA) is 80.3 Å². The van der Waals surface area contributed by atoms with Crippen molar-refractivity contribution in [2.45, 2.75) is 54.8 Å². The first-order chi connectivity index (χ1) is 16.4. The Morgan fingerprint density at radius 1 is 1.06 bits per heavy atom. The van der Waals surface area contributed by atoms with Gasteiger partial charge < -0.3 is 23.3 Å². The molecule has 1 saturated heterocycles. The molecule has 0 aliphatic carbocycles. The van der Waals surface area contributed by atoms with Crippen LogP contribution in [-0.2, 0) is 27.8 Å². The summed E-state index contributed by atoms with van der Waals surface area (Å²) >= 11 is 1.28. The molecular formula is C24H30FO7PS. The number of benzene rings is 2. The maximum Gasteiger partial charge on any atom is 0.343 e. The van der Waals surface area contributed by atoms with Crippen molar-refractivity contribution in [3.05, 3.63) is 66.2 Å². The van der Waals surface area contributed by atoms with Gasteiger partial charge in [0.1, 0.15) is 4.99 Å². The fourth-order valence-electron chi connectivity index (χ4n) is 3.61. The van der Waals surface area contributed by atoms with Crippen molar-refractivity contribution in [1.29, 1.82) is 0 Å². The van der Waals surface area contributed by atoms with Gasteiger partial charge in [0.15, 0.2) is 18.6 Å². The summed E-state index contributed by atoms with van der Waals surface area (Å²) in [7, 11) is -2.28. The van der Waals surface area contributed by atoms with E-state index in [-0.39, 0.29) is 19.6 Å². The molecule has 5 atom stereocenters. The first-order valence-electron chi connectivity index (χ1n) is 11.1. The summed E-state index contributed by atoms with van der Waals surface area (Å²) in [5.41, 5.74) is 0.294. The molecule has 0 radical (unpaired) electrons. The molecule has 0 spiro atoms. The predicted molar refractivity (Wildman–Crippen MR) is 128 cm³/mol. The molecule has 2 aromatic carbocycles. The maximum absolute atomic E-state index is 15.6. The summed E-state index contributed by atoms with van der Waals surface area (Å²) in [6, 6.07) is 17.6. The van der Waals surface area contributed by atoms with Gasteiger partial charge >= 0.3 is 13.6 Å². The largest absolute Gasteiger partial charge is 0.450 e. The van der Waals surface area contributed by atoms with E-state index in [1.54, 1.807) is 44.2 Å². The van der Waals surface area contributed by atoms with Gasteiger partial charge in [0.05, 0.1) is 24.9 Å². The summed E-state index contributed by atoms with van der Waals surface area (Å²) in [5.74, 6) is -0.677. The highest BCUT2D eigenvalue weighted by atomic mass is 32.2. The first kappa shape index (κ1) is 26.9. The third-order valence-corrected chi connectivity index (χ3v) is 9.40. The molecule has 1 aliphatic rings. The minimum atomic E-state index is -3.63. The molecule has 1 aliphatic heterocycles. The standard InChI is InChI=1S/C24H30FO7PS/c1-4-29-33(27,30-5-2)20(34-18-14-10-7-11-15-18)16-19-21(25)22(24(28-3)31-19)32-23(26)17-12-8-6-9-13-17/h6-15,19-22,24H,4-5,16H2,1-3H3. The Bertz CT molecular complexity index is 939. The van der Waals surface area contributed by atoms with Crippen molar-refractivity contribution in [3.8, 4) is 0 Å². The Hall–Kier alpha value is -1.74. The summed E-state index contributed by atoms with van der Waals surface area (Å²) in [5, 5.41) is 0. The molecule has 0 bridgehead atoms. The molecule has 10 heteroatoms. The molecule has 3 rings (SSSR count). The number of hydrogen-bond acceptors (Lipinski definition) is 8. The van der Waals surface area contributed by atoms with E-state index >= 15 is 4.39 Å². The first-order valence-corrected chi connectivity index (χ1v) is 13.6. The third-order valence-electron chi connectivity index (χ3n) is 5.15.